The molecule has 0 aliphatic rings. The minimum absolute atomic E-state index is 0.0293. The molecular weight excluding hydrogens is 349 g/mol. The molecule has 0 aliphatic heterocycles. The van der Waals surface area contributed by atoms with Crippen molar-refractivity contribution in [3.8, 4) is 0 Å². The highest BCUT2D eigenvalue weighted by Gasteiger charge is 2.37. The first-order valence-electron chi connectivity index (χ1n) is 8.15. The molecule has 0 heterocycles. The maximum absolute atomic E-state index is 13.4. The normalized spacial score (nSPS) is 13.2. The average Bonchev–Trinajstić information content (AvgIpc) is 2.46. The zero-order valence-corrected chi connectivity index (χ0v) is 16.9. The van der Waals surface area contributed by atoms with Crippen molar-refractivity contribution in [2.45, 2.75) is 58.6 Å². The van der Waals surface area contributed by atoms with E-state index in [1.54, 1.807) is 53.7 Å². The van der Waals surface area contributed by atoms with E-state index in [4.69, 9.17) is 9.05 Å². The van der Waals surface area contributed by atoms with Crippen molar-refractivity contribution >= 4 is 22.9 Å². The number of sulfonamides is 1. The SMILES string of the molecule is CCN(CC)S(=O)(=O)c1ccccc1P(=O)(OC(C)C)OC(C)C. The summed E-state index contributed by atoms with van der Waals surface area (Å²) in [6.07, 6.45) is -0.752. The molecule has 0 amide bonds. The summed E-state index contributed by atoms with van der Waals surface area (Å²) in [6, 6.07) is 6.19. The lowest BCUT2D eigenvalue weighted by atomic mass is 10.4. The number of rotatable bonds is 9. The van der Waals surface area contributed by atoms with Crippen molar-refractivity contribution in [2.24, 2.45) is 0 Å². The number of hydrogen-bond acceptors (Lipinski definition) is 5. The fourth-order valence-corrected chi connectivity index (χ4v) is 6.52. The summed E-state index contributed by atoms with van der Waals surface area (Å²) in [5.74, 6) is 0. The molecule has 0 radical (unpaired) electrons. The van der Waals surface area contributed by atoms with Gasteiger partial charge >= 0.3 is 7.60 Å². The summed E-state index contributed by atoms with van der Waals surface area (Å²) < 4.78 is 51.7. The summed E-state index contributed by atoms with van der Waals surface area (Å²) in [6.45, 7) is 11.1. The highest BCUT2D eigenvalue weighted by atomic mass is 32.2. The first-order chi connectivity index (χ1) is 11.1. The second-order valence-electron chi connectivity index (χ2n) is 5.86. The van der Waals surface area contributed by atoms with Crippen LogP contribution in [-0.2, 0) is 23.6 Å². The molecule has 0 aromatic heterocycles. The van der Waals surface area contributed by atoms with Gasteiger partial charge in [-0.25, -0.2) is 8.42 Å². The van der Waals surface area contributed by atoms with Crippen molar-refractivity contribution < 1.29 is 22.0 Å². The van der Waals surface area contributed by atoms with E-state index in [-0.39, 0.29) is 22.4 Å². The molecule has 0 aliphatic carbocycles. The van der Waals surface area contributed by atoms with Crippen molar-refractivity contribution in [3.63, 3.8) is 0 Å². The highest BCUT2D eigenvalue weighted by molar-refractivity contribution is 7.89. The predicted octanol–water partition coefficient (Wildman–Crippen LogP) is 3.39. The third-order valence-electron chi connectivity index (χ3n) is 3.18. The highest BCUT2D eigenvalue weighted by Crippen LogP contribution is 2.50. The summed E-state index contributed by atoms with van der Waals surface area (Å²) in [7, 11) is -7.57. The molecule has 8 heteroatoms. The lowest BCUT2D eigenvalue weighted by Crippen LogP contribution is -2.34. The maximum atomic E-state index is 13.4. The molecule has 0 atom stereocenters. The van der Waals surface area contributed by atoms with Gasteiger partial charge in [0.1, 0.15) is 0 Å². The van der Waals surface area contributed by atoms with Gasteiger partial charge in [-0.3, -0.25) is 4.57 Å². The van der Waals surface area contributed by atoms with E-state index in [1.165, 1.54) is 16.4 Å². The molecule has 24 heavy (non-hydrogen) atoms. The van der Waals surface area contributed by atoms with Crippen LogP contribution in [0.5, 0.6) is 0 Å². The molecule has 138 valence electrons. The number of benzene rings is 1. The molecule has 0 spiro atoms. The van der Waals surface area contributed by atoms with Gasteiger partial charge in [-0.05, 0) is 39.8 Å². The van der Waals surface area contributed by atoms with Gasteiger partial charge in [0.15, 0.2) is 0 Å². The van der Waals surface area contributed by atoms with Gasteiger partial charge in [-0.15, -0.1) is 0 Å². The second kappa shape index (κ2) is 8.59. The van der Waals surface area contributed by atoms with E-state index >= 15 is 0 Å². The van der Waals surface area contributed by atoms with Crippen molar-refractivity contribution in [2.75, 3.05) is 13.1 Å². The van der Waals surface area contributed by atoms with E-state index < -0.39 is 17.6 Å². The molecule has 1 aromatic rings. The Bertz CT molecular complexity index is 669. The minimum Gasteiger partial charge on any atom is -0.302 e. The molecule has 0 bridgehead atoms. The zero-order chi connectivity index (χ0) is 18.5. The van der Waals surface area contributed by atoms with Crippen LogP contribution < -0.4 is 5.30 Å². The van der Waals surface area contributed by atoms with Gasteiger partial charge in [-0.2, -0.15) is 4.31 Å². The van der Waals surface area contributed by atoms with Gasteiger partial charge < -0.3 is 9.05 Å². The van der Waals surface area contributed by atoms with Gasteiger partial charge in [0.2, 0.25) is 10.0 Å². The Kier molecular flexibility index (Phi) is 7.63. The predicted molar refractivity (Wildman–Crippen MR) is 96.2 cm³/mol. The van der Waals surface area contributed by atoms with Crippen LogP contribution in [0.3, 0.4) is 0 Å². The van der Waals surface area contributed by atoms with E-state index in [9.17, 15) is 13.0 Å². The topological polar surface area (TPSA) is 72.9 Å². The fourth-order valence-electron chi connectivity index (χ4n) is 2.30. The third-order valence-corrected chi connectivity index (χ3v) is 7.82. The molecule has 0 fully saturated rings. The standard InChI is InChI=1S/C16H28NO5PS/c1-7-17(8-2)24(19,20)16-12-10-9-11-15(16)23(18,21-13(3)4)22-14(5)6/h9-14H,7-8H2,1-6H3. The Balaban J connectivity index is 3.56. The summed E-state index contributed by atoms with van der Waals surface area (Å²) >= 11 is 0. The van der Waals surface area contributed by atoms with Crippen LogP contribution in [-0.4, -0.2) is 38.0 Å². The Morgan fingerprint density at radius 2 is 1.46 bits per heavy atom. The molecule has 0 unspecified atom stereocenters. The lowest BCUT2D eigenvalue weighted by Gasteiger charge is -2.26. The third kappa shape index (κ3) is 4.90. The summed E-state index contributed by atoms with van der Waals surface area (Å²) in [4.78, 5) is -0.0293. The monoisotopic (exact) mass is 377 g/mol. The quantitative estimate of drug-likeness (QED) is 0.617. The molecule has 0 N–H and O–H groups in total. The minimum atomic E-state index is -3.79. The Morgan fingerprint density at radius 3 is 1.88 bits per heavy atom. The van der Waals surface area contributed by atoms with Crippen LogP contribution in [0.25, 0.3) is 0 Å². The Labute approximate surface area is 145 Å². The fraction of sp³-hybridized carbons (Fsp3) is 0.625. The van der Waals surface area contributed by atoms with Crippen molar-refractivity contribution in [3.05, 3.63) is 24.3 Å². The van der Waals surface area contributed by atoms with E-state index in [2.05, 4.69) is 0 Å². The number of nitrogens with zero attached hydrogens (tertiary/aromatic N) is 1. The van der Waals surface area contributed by atoms with Crippen molar-refractivity contribution in [1.29, 1.82) is 0 Å². The smallest absolute Gasteiger partial charge is 0.302 e. The number of hydrogen-bond donors (Lipinski definition) is 0. The van der Waals surface area contributed by atoms with Crippen molar-refractivity contribution in [1.82, 2.24) is 4.31 Å². The summed E-state index contributed by atoms with van der Waals surface area (Å²) in [5, 5.41) is 0.0827. The first-order valence-corrected chi connectivity index (χ1v) is 11.1. The first kappa shape index (κ1) is 21.3. The molecule has 1 rings (SSSR count). The van der Waals surface area contributed by atoms with Gasteiger partial charge in [0, 0.05) is 13.1 Å². The molecule has 0 saturated heterocycles. The largest absolute Gasteiger partial charge is 0.363 e. The van der Waals surface area contributed by atoms with Crippen LogP contribution in [0.2, 0.25) is 0 Å². The van der Waals surface area contributed by atoms with Gasteiger partial charge in [0.05, 0.1) is 22.4 Å². The molecule has 6 nitrogen and oxygen atoms in total. The lowest BCUT2D eigenvalue weighted by molar-refractivity contribution is 0.149. The van der Waals surface area contributed by atoms with Crippen LogP contribution in [0.4, 0.5) is 0 Å². The van der Waals surface area contributed by atoms with E-state index in [0.717, 1.165) is 0 Å². The Hall–Kier alpha value is -0.720. The maximum Gasteiger partial charge on any atom is 0.363 e. The van der Waals surface area contributed by atoms with Crippen LogP contribution >= 0.6 is 7.60 Å². The van der Waals surface area contributed by atoms with Crippen LogP contribution in [0.15, 0.2) is 29.2 Å². The van der Waals surface area contributed by atoms with Gasteiger partial charge in [-0.1, -0.05) is 26.0 Å². The molecular formula is C16H28NO5PS. The van der Waals surface area contributed by atoms with Gasteiger partial charge in [0.25, 0.3) is 0 Å². The summed E-state index contributed by atoms with van der Waals surface area (Å²) in [5.41, 5.74) is 0. The molecule has 0 saturated carbocycles. The zero-order valence-electron chi connectivity index (χ0n) is 15.2. The second-order valence-corrected chi connectivity index (χ2v) is 9.67. The van der Waals surface area contributed by atoms with E-state index in [0.29, 0.717) is 13.1 Å². The van der Waals surface area contributed by atoms with Crippen LogP contribution in [0.1, 0.15) is 41.5 Å². The Morgan fingerprint density at radius 1 is 1.00 bits per heavy atom. The molecule has 1 aromatic carbocycles. The van der Waals surface area contributed by atoms with E-state index in [1.807, 2.05) is 0 Å². The average molecular weight is 377 g/mol. The van der Waals surface area contributed by atoms with Crippen LogP contribution in [0, 0.1) is 0 Å².